The Bertz CT molecular complexity index is 800. The van der Waals surface area contributed by atoms with Gasteiger partial charge in [0.25, 0.3) is 0 Å². The minimum atomic E-state index is -3.63. The highest BCUT2D eigenvalue weighted by Crippen LogP contribution is 2.32. The summed E-state index contributed by atoms with van der Waals surface area (Å²) in [7, 11) is -3.63. The Labute approximate surface area is 145 Å². The van der Waals surface area contributed by atoms with E-state index in [1.54, 1.807) is 24.1 Å². The average molecular weight is 375 g/mol. The van der Waals surface area contributed by atoms with Crippen LogP contribution < -0.4 is 0 Å². The fourth-order valence-electron chi connectivity index (χ4n) is 2.70. The predicted octanol–water partition coefficient (Wildman–Crippen LogP) is 2.92. The number of sulfonamides is 1. The molecule has 0 saturated carbocycles. The van der Waals surface area contributed by atoms with Crippen LogP contribution in [0.2, 0.25) is 10.0 Å². The summed E-state index contributed by atoms with van der Waals surface area (Å²) in [6, 6.07) is 3.13. The van der Waals surface area contributed by atoms with Gasteiger partial charge in [-0.05, 0) is 37.5 Å². The van der Waals surface area contributed by atoms with Gasteiger partial charge in [-0.1, -0.05) is 23.2 Å². The fraction of sp³-hybridized carbons (Fsp3) is 0.429. The second kappa shape index (κ2) is 6.39. The molecule has 0 N–H and O–H groups in total. The summed E-state index contributed by atoms with van der Waals surface area (Å²) in [5.74, 6) is 0. The van der Waals surface area contributed by atoms with E-state index < -0.39 is 10.0 Å². The summed E-state index contributed by atoms with van der Waals surface area (Å²) < 4.78 is 27.1. The number of rotatable bonds is 3. The fourth-order valence-corrected chi connectivity index (χ4v) is 4.97. The molecule has 124 valence electrons. The summed E-state index contributed by atoms with van der Waals surface area (Å²) in [6.07, 6.45) is 4.58. The molecule has 1 aliphatic rings. The van der Waals surface area contributed by atoms with Crippen molar-refractivity contribution in [2.75, 3.05) is 13.1 Å². The maximum atomic E-state index is 12.8. The molecule has 2 heterocycles. The van der Waals surface area contributed by atoms with Crippen LogP contribution in [0.3, 0.4) is 0 Å². The van der Waals surface area contributed by atoms with E-state index in [0.717, 1.165) is 0 Å². The second-order valence-corrected chi connectivity index (χ2v) is 8.24. The first-order valence-electron chi connectivity index (χ1n) is 7.21. The lowest BCUT2D eigenvalue weighted by Gasteiger charge is -2.30. The van der Waals surface area contributed by atoms with E-state index in [0.29, 0.717) is 36.5 Å². The Hall–Kier alpha value is -1.15. The molecule has 2 aromatic rings. The molecular weight excluding hydrogens is 359 g/mol. The number of nitrogens with zero attached hydrogens (tertiary/aromatic N) is 4. The molecule has 1 saturated heterocycles. The molecule has 0 spiro atoms. The zero-order valence-corrected chi connectivity index (χ0v) is 14.8. The smallest absolute Gasteiger partial charge is 0.207 e. The molecule has 1 fully saturated rings. The molecule has 23 heavy (non-hydrogen) atoms. The highest BCUT2D eigenvalue weighted by molar-refractivity contribution is 7.89. The highest BCUT2D eigenvalue weighted by Gasteiger charge is 2.32. The van der Waals surface area contributed by atoms with E-state index in [4.69, 9.17) is 23.2 Å². The molecule has 0 unspecified atom stereocenters. The molecule has 1 aliphatic heterocycles. The summed E-state index contributed by atoms with van der Waals surface area (Å²) in [4.78, 5) is 1.75. The second-order valence-electron chi connectivity index (χ2n) is 5.52. The lowest BCUT2D eigenvalue weighted by Crippen LogP contribution is -2.39. The van der Waals surface area contributed by atoms with Crippen molar-refractivity contribution in [2.45, 2.75) is 30.7 Å². The standard InChI is InChI=1S/C14H16Cl2N4O2S/c1-10-8-14(13(16)9-12(10)15)23(21,22)19-6-2-11(3-7-19)20-17-4-5-18-20/h4-5,8-9,11H,2-3,6-7H2,1H3. The molecule has 6 nitrogen and oxygen atoms in total. The molecule has 0 bridgehead atoms. The predicted molar refractivity (Wildman–Crippen MR) is 88.3 cm³/mol. The van der Waals surface area contributed by atoms with Crippen LogP contribution in [-0.2, 0) is 10.0 Å². The molecule has 0 aliphatic carbocycles. The summed E-state index contributed by atoms with van der Waals surface area (Å²) >= 11 is 12.1. The zero-order chi connectivity index (χ0) is 16.6. The van der Waals surface area contributed by atoms with Gasteiger partial charge in [0.15, 0.2) is 0 Å². The molecule has 0 radical (unpaired) electrons. The monoisotopic (exact) mass is 374 g/mol. The topological polar surface area (TPSA) is 68.1 Å². The minimum Gasteiger partial charge on any atom is -0.207 e. The van der Waals surface area contributed by atoms with E-state index in [2.05, 4.69) is 10.2 Å². The van der Waals surface area contributed by atoms with Gasteiger partial charge >= 0.3 is 0 Å². The van der Waals surface area contributed by atoms with Gasteiger partial charge in [-0.2, -0.15) is 19.3 Å². The Morgan fingerprint density at radius 1 is 1.09 bits per heavy atom. The molecule has 1 aromatic heterocycles. The van der Waals surface area contributed by atoms with Crippen molar-refractivity contribution < 1.29 is 8.42 Å². The normalized spacial score (nSPS) is 17.5. The van der Waals surface area contributed by atoms with Crippen molar-refractivity contribution in [2.24, 2.45) is 0 Å². The largest absolute Gasteiger partial charge is 0.244 e. The van der Waals surface area contributed by atoms with Gasteiger partial charge in [-0.15, -0.1) is 0 Å². The summed E-state index contributed by atoms with van der Waals surface area (Å²) in [5.41, 5.74) is 0.685. The van der Waals surface area contributed by atoms with Gasteiger partial charge in [0.2, 0.25) is 10.0 Å². The van der Waals surface area contributed by atoms with Crippen molar-refractivity contribution in [1.82, 2.24) is 19.3 Å². The van der Waals surface area contributed by atoms with Crippen molar-refractivity contribution in [3.63, 3.8) is 0 Å². The van der Waals surface area contributed by atoms with Crippen LogP contribution in [0, 0.1) is 6.92 Å². The van der Waals surface area contributed by atoms with Crippen molar-refractivity contribution in [3.05, 3.63) is 40.1 Å². The number of halogens is 2. The first kappa shape index (κ1) is 16.7. The van der Waals surface area contributed by atoms with Crippen LogP contribution >= 0.6 is 23.2 Å². The summed E-state index contributed by atoms with van der Waals surface area (Å²) in [6.45, 7) is 2.58. The van der Waals surface area contributed by atoms with E-state index in [1.165, 1.54) is 16.4 Å². The third-order valence-electron chi connectivity index (χ3n) is 4.02. The van der Waals surface area contributed by atoms with E-state index >= 15 is 0 Å². The van der Waals surface area contributed by atoms with Crippen LogP contribution in [0.1, 0.15) is 24.4 Å². The maximum absolute atomic E-state index is 12.8. The van der Waals surface area contributed by atoms with E-state index in [1.807, 2.05) is 0 Å². The van der Waals surface area contributed by atoms with Gasteiger partial charge in [0.1, 0.15) is 4.90 Å². The molecule has 9 heteroatoms. The van der Waals surface area contributed by atoms with Crippen LogP contribution in [0.15, 0.2) is 29.4 Å². The van der Waals surface area contributed by atoms with Crippen LogP contribution in [-0.4, -0.2) is 40.8 Å². The number of hydrogen-bond acceptors (Lipinski definition) is 4. The van der Waals surface area contributed by atoms with Crippen LogP contribution in [0.4, 0.5) is 0 Å². The lowest BCUT2D eigenvalue weighted by molar-refractivity contribution is 0.245. The van der Waals surface area contributed by atoms with Gasteiger partial charge in [0, 0.05) is 18.1 Å². The Balaban J connectivity index is 1.81. The third kappa shape index (κ3) is 3.24. The van der Waals surface area contributed by atoms with Crippen molar-refractivity contribution in [3.8, 4) is 0 Å². The molecule has 1 aromatic carbocycles. The molecule has 0 atom stereocenters. The van der Waals surface area contributed by atoms with Gasteiger partial charge in [-0.3, -0.25) is 0 Å². The Kier molecular flexibility index (Phi) is 4.64. The quantitative estimate of drug-likeness (QED) is 0.827. The number of benzene rings is 1. The first-order valence-corrected chi connectivity index (χ1v) is 9.41. The minimum absolute atomic E-state index is 0.108. The Morgan fingerprint density at radius 3 is 2.30 bits per heavy atom. The van der Waals surface area contributed by atoms with E-state index in [-0.39, 0.29) is 16.0 Å². The van der Waals surface area contributed by atoms with Crippen LogP contribution in [0.5, 0.6) is 0 Å². The Morgan fingerprint density at radius 2 is 1.70 bits per heavy atom. The maximum Gasteiger partial charge on any atom is 0.244 e. The average Bonchev–Trinajstić information content (AvgIpc) is 3.05. The first-order chi connectivity index (χ1) is 10.9. The van der Waals surface area contributed by atoms with Crippen LogP contribution in [0.25, 0.3) is 0 Å². The molecular formula is C14H16Cl2N4O2S. The van der Waals surface area contributed by atoms with Crippen molar-refractivity contribution >= 4 is 33.2 Å². The number of hydrogen-bond donors (Lipinski definition) is 0. The van der Waals surface area contributed by atoms with Gasteiger partial charge in [-0.25, -0.2) is 8.42 Å². The summed E-state index contributed by atoms with van der Waals surface area (Å²) in [5, 5.41) is 8.85. The zero-order valence-electron chi connectivity index (χ0n) is 12.5. The van der Waals surface area contributed by atoms with E-state index in [9.17, 15) is 8.42 Å². The molecule has 3 rings (SSSR count). The number of piperidine rings is 1. The number of aromatic nitrogens is 3. The third-order valence-corrected chi connectivity index (χ3v) is 6.79. The van der Waals surface area contributed by atoms with Crippen molar-refractivity contribution in [1.29, 1.82) is 0 Å². The number of aryl methyl sites for hydroxylation is 1. The van der Waals surface area contributed by atoms with Gasteiger partial charge in [0.05, 0.1) is 23.5 Å². The highest BCUT2D eigenvalue weighted by atomic mass is 35.5. The van der Waals surface area contributed by atoms with Gasteiger partial charge < -0.3 is 0 Å². The SMILES string of the molecule is Cc1cc(S(=O)(=O)N2CCC(n3nccn3)CC2)c(Cl)cc1Cl. The lowest BCUT2D eigenvalue weighted by atomic mass is 10.1. The molecule has 0 amide bonds.